The minimum absolute atomic E-state index is 0.0975. The van der Waals surface area contributed by atoms with Crippen LogP contribution in [0, 0.1) is 5.92 Å². The van der Waals surface area contributed by atoms with E-state index in [0.717, 1.165) is 70.1 Å². The van der Waals surface area contributed by atoms with E-state index in [0.29, 0.717) is 12.8 Å². The van der Waals surface area contributed by atoms with Crippen molar-refractivity contribution in [2.24, 2.45) is 5.92 Å². The Balaban J connectivity index is 3.72. The Morgan fingerprint density at radius 2 is 1.17 bits per heavy atom. The third kappa shape index (κ3) is 31.8. The molecule has 6 nitrogen and oxygen atoms in total. The predicted octanol–water partition coefficient (Wildman–Crippen LogP) is 10.3. The van der Waals surface area contributed by atoms with Gasteiger partial charge in [-0.2, -0.15) is 0 Å². The summed E-state index contributed by atoms with van der Waals surface area (Å²) in [5.41, 5.74) is 0. The molecule has 0 aliphatic heterocycles. The number of carbonyl (C=O) groups is 2. The van der Waals surface area contributed by atoms with E-state index in [4.69, 9.17) is 9.47 Å². The zero-order chi connectivity index (χ0) is 33.9. The highest BCUT2D eigenvalue weighted by atomic mass is 16.6. The van der Waals surface area contributed by atoms with E-state index >= 15 is 0 Å². The Hall–Kier alpha value is -2.18. The molecule has 6 heteroatoms. The van der Waals surface area contributed by atoms with Crippen LogP contribution in [0.25, 0.3) is 0 Å². The first kappa shape index (κ1) is 43.8. The second-order valence-electron chi connectivity index (χ2n) is 12.7. The van der Waals surface area contributed by atoms with Crippen LogP contribution in [0.2, 0.25) is 0 Å². The third-order valence-corrected chi connectivity index (χ3v) is 8.22. The monoisotopic (exact) mass is 647 g/mol. The fraction of sp³-hybridized carbons (Fsp3) is 0.750. The third-order valence-electron chi connectivity index (χ3n) is 8.22. The minimum atomic E-state index is -0.809. The van der Waals surface area contributed by atoms with Gasteiger partial charge in [0.15, 0.2) is 6.10 Å². The van der Waals surface area contributed by atoms with Crippen LogP contribution in [0.4, 0.5) is 0 Å². The topological polar surface area (TPSA) is 93.1 Å². The van der Waals surface area contributed by atoms with Crippen molar-refractivity contribution < 1.29 is 29.3 Å². The number of unbranched alkanes of at least 4 members (excludes halogenated alkanes) is 10. The van der Waals surface area contributed by atoms with Crippen molar-refractivity contribution in [2.45, 2.75) is 174 Å². The predicted molar refractivity (Wildman–Crippen MR) is 193 cm³/mol. The summed E-state index contributed by atoms with van der Waals surface area (Å²) in [6, 6.07) is 0. The lowest BCUT2D eigenvalue weighted by Crippen LogP contribution is -2.28. The highest BCUT2D eigenvalue weighted by Gasteiger charge is 2.16. The number of esters is 2. The van der Waals surface area contributed by atoms with Gasteiger partial charge in [-0.3, -0.25) is 9.59 Å². The largest absolute Gasteiger partial charge is 0.462 e. The summed E-state index contributed by atoms with van der Waals surface area (Å²) >= 11 is 0. The highest BCUT2D eigenvalue weighted by Crippen LogP contribution is 2.15. The van der Waals surface area contributed by atoms with Crippen molar-refractivity contribution in [1.82, 2.24) is 0 Å². The first-order valence-electron chi connectivity index (χ1n) is 18.7. The van der Waals surface area contributed by atoms with Crippen molar-refractivity contribution in [3.05, 3.63) is 48.6 Å². The molecule has 0 aliphatic rings. The van der Waals surface area contributed by atoms with Gasteiger partial charge in [-0.05, 0) is 57.3 Å². The smallest absolute Gasteiger partial charge is 0.306 e. The summed E-state index contributed by atoms with van der Waals surface area (Å²) in [4.78, 5) is 24.2. The molecule has 266 valence electrons. The number of aliphatic hydroxyl groups is 2. The molecular weight excluding hydrogens is 576 g/mol. The molecule has 0 aliphatic carbocycles. The van der Waals surface area contributed by atoms with Crippen LogP contribution in [-0.4, -0.2) is 47.6 Å². The van der Waals surface area contributed by atoms with Crippen molar-refractivity contribution in [2.75, 3.05) is 13.2 Å². The lowest BCUT2D eigenvalue weighted by atomic mass is 9.99. The van der Waals surface area contributed by atoms with Gasteiger partial charge in [-0.15, -0.1) is 0 Å². The van der Waals surface area contributed by atoms with E-state index < -0.39 is 6.10 Å². The van der Waals surface area contributed by atoms with E-state index in [2.05, 4.69) is 69.4 Å². The normalized spacial score (nSPS) is 14.1. The number of hydrogen-bond donors (Lipinski definition) is 2. The number of hydrogen-bond acceptors (Lipinski definition) is 6. The Bertz CT molecular complexity index is 815. The summed E-state index contributed by atoms with van der Waals surface area (Å²) in [6.45, 7) is 6.24. The average Bonchev–Trinajstić information content (AvgIpc) is 3.05. The summed E-state index contributed by atoms with van der Waals surface area (Å²) < 4.78 is 10.5. The van der Waals surface area contributed by atoms with Crippen LogP contribution in [-0.2, 0) is 19.1 Å². The van der Waals surface area contributed by atoms with Crippen LogP contribution < -0.4 is 0 Å². The molecule has 0 aromatic carbocycles. The Kier molecular flexibility index (Phi) is 32.5. The van der Waals surface area contributed by atoms with E-state index in [1.165, 1.54) is 57.8 Å². The average molecular weight is 647 g/mol. The van der Waals surface area contributed by atoms with Crippen LogP contribution >= 0.6 is 0 Å². The molecule has 0 fully saturated rings. The molecular formula is C40H70O6. The first-order valence-corrected chi connectivity index (χ1v) is 18.7. The Labute approximate surface area is 282 Å². The maximum absolute atomic E-state index is 12.1. The van der Waals surface area contributed by atoms with Gasteiger partial charge < -0.3 is 19.7 Å². The van der Waals surface area contributed by atoms with E-state index in [9.17, 15) is 19.8 Å². The molecule has 2 N–H and O–H groups in total. The van der Waals surface area contributed by atoms with Crippen LogP contribution in [0.15, 0.2) is 48.6 Å². The van der Waals surface area contributed by atoms with Gasteiger partial charge in [0.25, 0.3) is 0 Å². The minimum Gasteiger partial charge on any atom is -0.462 e. The molecule has 0 spiro atoms. The van der Waals surface area contributed by atoms with Crippen molar-refractivity contribution in [3.8, 4) is 0 Å². The SMILES string of the molecule is CCCC(O)C/C=C\C/C=C\C/C=C\C/C=C\CCCC(=O)O[C@@H](CO)COC(=O)CCCCCCCCCCCCC(C)CC. The number of carbonyl (C=O) groups excluding carboxylic acids is 2. The van der Waals surface area contributed by atoms with E-state index in [1.807, 2.05) is 0 Å². The van der Waals surface area contributed by atoms with Gasteiger partial charge in [0.2, 0.25) is 0 Å². The first-order chi connectivity index (χ1) is 22.4. The molecule has 46 heavy (non-hydrogen) atoms. The zero-order valence-electron chi connectivity index (χ0n) is 29.8. The molecule has 0 rings (SSSR count). The summed E-state index contributed by atoms with van der Waals surface area (Å²) in [5.74, 6) is 0.192. The Morgan fingerprint density at radius 1 is 0.652 bits per heavy atom. The lowest BCUT2D eigenvalue weighted by molar-refractivity contribution is -0.161. The second-order valence-corrected chi connectivity index (χ2v) is 12.7. The number of rotatable bonds is 32. The van der Waals surface area contributed by atoms with E-state index in [1.54, 1.807) is 0 Å². The summed E-state index contributed by atoms with van der Waals surface area (Å²) in [5, 5.41) is 19.2. The number of aliphatic hydroxyl groups excluding tert-OH is 2. The van der Waals surface area contributed by atoms with Gasteiger partial charge in [0.1, 0.15) is 6.61 Å². The van der Waals surface area contributed by atoms with Crippen LogP contribution in [0.5, 0.6) is 0 Å². The lowest BCUT2D eigenvalue weighted by Gasteiger charge is -2.15. The quantitative estimate of drug-likeness (QED) is 0.0429. The van der Waals surface area contributed by atoms with Crippen molar-refractivity contribution in [3.63, 3.8) is 0 Å². The van der Waals surface area contributed by atoms with Gasteiger partial charge in [0.05, 0.1) is 12.7 Å². The fourth-order valence-electron chi connectivity index (χ4n) is 5.01. The van der Waals surface area contributed by atoms with E-state index in [-0.39, 0.29) is 37.7 Å². The second kappa shape index (κ2) is 34.2. The Morgan fingerprint density at radius 3 is 1.74 bits per heavy atom. The molecule has 0 heterocycles. The van der Waals surface area contributed by atoms with Gasteiger partial charge in [-0.25, -0.2) is 0 Å². The summed E-state index contributed by atoms with van der Waals surface area (Å²) in [7, 11) is 0. The summed E-state index contributed by atoms with van der Waals surface area (Å²) in [6.07, 6.45) is 38.0. The standard InChI is InChI=1S/C40H70O6/c1-4-29-37(42)31-26-22-18-14-9-7-6-8-10-16-20-24-28-33-40(44)46-38(34-41)35-45-39(43)32-27-23-19-15-12-11-13-17-21-25-30-36(3)5-2/h6,8-9,14,16,20,22,26,36-38,41-42H,4-5,7,10-13,15,17-19,21,23-25,27-35H2,1-3H3/b8-6-,14-9-,20-16-,26-22-/t36?,37?,38-/m0/s1. The number of ether oxygens (including phenoxy) is 2. The maximum Gasteiger partial charge on any atom is 0.306 e. The zero-order valence-corrected chi connectivity index (χ0v) is 29.8. The number of allylic oxidation sites excluding steroid dienone is 7. The molecule has 0 bridgehead atoms. The molecule has 0 aromatic heterocycles. The maximum atomic E-state index is 12.1. The molecule has 3 atom stereocenters. The molecule has 0 radical (unpaired) electrons. The van der Waals surface area contributed by atoms with Gasteiger partial charge in [0, 0.05) is 12.8 Å². The highest BCUT2D eigenvalue weighted by molar-refractivity contribution is 5.70. The molecule has 2 unspecified atom stereocenters. The van der Waals surface area contributed by atoms with Crippen LogP contribution in [0.1, 0.15) is 162 Å². The fourth-order valence-corrected chi connectivity index (χ4v) is 5.01. The van der Waals surface area contributed by atoms with Gasteiger partial charge >= 0.3 is 11.9 Å². The van der Waals surface area contributed by atoms with Gasteiger partial charge in [-0.1, -0.05) is 146 Å². The van der Waals surface area contributed by atoms with Crippen LogP contribution in [0.3, 0.4) is 0 Å². The molecule has 0 saturated heterocycles. The molecule has 0 aromatic rings. The molecule has 0 amide bonds. The van der Waals surface area contributed by atoms with Crippen molar-refractivity contribution in [1.29, 1.82) is 0 Å². The van der Waals surface area contributed by atoms with Crippen molar-refractivity contribution >= 4 is 11.9 Å². The molecule has 0 saturated carbocycles.